The van der Waals surface area contributed by atoms with Crippen LogP contribution in [0.15, 0.2) is 22.7 Å². The third-order valence-electron chi connectivity index (χ3n) is 3.27. The standard InChI is InChI=1S/C13H17BrN2O2/c1-8-6-15-7-10(8)13(17)16-9-3-4-11(14)12(5-9)18-2/h3-5,8,10,15H,6-7H2,1-2H3,(H,16,17)/t8-,10-/m1/s1. The van der Waals surface area contributed by atoms with Crippen LogP contribution in [0.5, 0.6) is 5.75 Å². The summed E-state index contributed by atoms with van der Waals surface area (Å²) in [7, 11) is 1.61. The second-order valence-corrected chi connectivity index (χ2v) is 5.43. The number of methoxy groups -OCH3 is 1. The van der Waals surface area contributed by atoms with Crippen molar-refractivity contribution >= 4 is 27.5 Å². The highest BCUT2D eigenvalue weighted by Crippen LogP contribution is 2.28. The van der Waals surface area contributed by atoms with Crippen molar-refractivity contribution in [3.8, 4) is 5.75 Å². The number of carbonyl (C=O) groups is 1. The summed E-state index contributed by atoms with van der Waals surface area (Å²) in [4.78, 5) is 12.1. The molecule has 2 atom stereocenters. The molecular weight excluding hydrogens is 296 g/mol. The summed E-state index contributed by atoms with van der Waals surface area (Å²) in [6.07, 6.45) is 0. The van der Waals surface area contributed by atoms with Crippen LogP contribution in [0.3, 0.4) is 0 Å². The number of rotatable bonds is 3. The minimum Gasteiger partial charge on any atom is -0.495 e. The van der Waals surface area contributed by atoms with E-state index < -0.39 is 0 Å². The maximum absolute atomic E-state index is 12.1. The van der Waals surface area contributed by atoms with Gasteiger partial charge in [0, 0.05) is 18.3 Å². The molecule has 0 radical (unpaired) electrons. The molecule has 98 valence electrons. The molecule has 0 aromatic heterocycles. The molecule has 1 heterocycles. The molecule has 1 fully saturated rings. The average molecular weight is 313 g/mol. The molecule has 0 unspecified atom stereocenters. The first kappa shape index (κ1) is 13.4. The van der Waals surface area contributed by atoms with Gasteiger partial charge in [0.2, 0.25) is 5.91 Å². The summed E-state index contributed by atoms with van der Waals surface area (Å²) in [5.74, 6) is 1.20. The fourth-order valence-electron chi connectivity index (χ4n) is 2.13. The number of carbonyl (C=O) groups excluding carboxylic acids is 1. The van der Waals surface area contributed by atoms with Crippen molar-refractivity contribution in [3.63, 3.8) is 0 Å². The molecule has 2 N–H and O–H groups in total. The predicted molar refractivity (Wildman–Crippen MR) is 74.8 cm³/mol. The van der Waals surface area contributed by atoms with Crippen molar-refractivity contribution in [1.29, 1.82) is 0 Å². The first-order valence-corrected chi connectivity index (χ1v) is 6.76. The van der Waals surface area contributed by atoms with Crippen molar-refractivity contribution in [2.75, 3.05) is 25.5 Å². The van der Waals surface area contributed by atoms with Gasteiger partial charge in [-0.05, 0) is 40.5 Å². The fraction of sp³-hybridized carbons (Fsp3) is 0.462. The second kappa shape index (κ2) is 5.71. The van der Waals surface area contributed by atoms with E-state index >= 15 is 0 Å². The molecule has 18 heavy (non-hydrogen) atoms. The monoisotopic (exact) mass is 312 g/mol. The summed E-state index contributed by atoms with van der Waals surface area (Å²) in [5, 5.41) is 6.16. The van der Waals surface area contributed by atoms with Crippen molar-refractivity contribution in [2.24, 2.45) is 11.8 Å². The number of hydrogen-bond acceptors (Lipinski definition) is 3. The minimum absolute atomic E-state index is 0.0413. The SMILES string of the molecule is COc1cc(NC(=O)[C@@H]2CNC[C@H]2C)ccc1Br. The number of nitrogens with one attached hydrogen (secondary N) is 2. The van der Waals surface area contributed by atoms with Gasteiger partial charge in [0.05, 0.1) is 17.5 Å². The topological polar surface area (TPSA) is 50.4 Å². The van der Waals surface area contributed by atoms with E-state index in [-0.39, 0.29) is 11.8 Å². The molecule has 1 aliphatic heterocycles. The Kier molecular flexibility index (Phi) is 4.24. The molecule has 5 heteroatoms. The van der Waals surface area contributed by atoms with Crippen LogP contribution < -0.4 is 15.4 Å². The number of halogens is 1. The van der Waals surface area contributed by atoms with Gasteiger partial charge in [-0.2, -0.15) is 0 Å². The maximum atomic E-state index is 12.1. The highest BCUT2D eigenvalue weighted by Gasteiger charge is 2.29. The quantitative estimate of drug-likeness (QED) is 0.900. The zero-order valence-electron chi connectivity index (χ0n) is 10.5. The molecule has 1 amide bonds. The van der Waals surface area contributed by atoms with E-state index in [0.717, 1.165) is 23.2 Å². The molecule has 0 bridgehead atoms. The van der Waals surface area contributed by atoms with E-state index in [9.17, 15) is 4.79 Å². The van der Waals surface area contributed by atoms with Gasteiger partial charge in [0.25, 0.3) is 0 Å². The van der Waals surface area contributed by atoms with E-state index in [1.165, 1.54) is 0 Å². The van der Waals surface area contributed by atoms with Gasteiger partial charge < -0.3 is 15.4 Å². The number of amides is 1. The van der Waals surface area contributed by atoms with Crippen LogP contribution >= 0.6 is 15.9 Å². The van der Waals surface area contributed by atoms with Crippen molar-refractivity contribution in [1.82, 2.24) is 5.32 Å². The highest BCUT2D eigenvalue weighted by atomic mass is 79.9. The normalized spacial score (nSPS) is 22.8. The Morgan fingerprint density at radius 2 is 2.28 bits per heavy atom. The lowest BCUT2D eigenvalue weighted by atomic mass is 9.97. The minimum atomic E-state index is 0.0413. The Bertz CT molecular complexity index is 451. The summed E-state index contributed by atoms with van der Waals surface area (Å²) >= 11 is 3.38. The molecule has 0 spiro atoms. The lowest BCUT2D eigenvalue weighted by Crippen LogP contribution is -2.27. The van der Waals surface area contributed by atoms with Crippen LogP contribution in [-0.4, -0.2) is 26.1 Å². The van der Waals surface area contributed by atoms with E-state index in [0.29, 0.717) is 11.7 Å². The Morgan fingerprint density at radius 3 is 2.89 bits per heavy atom. The number of ether oxygens (including phenoxy) is 1. The molecule has 1 aliphatic rings. The summed E-state index contributed by atoms with van der Waals surface area (Å²) < 4.78 is 6.08. The molecule has 1 aromatic carbocycles. The lowest BCUT2D eigenvalue weighted by Gasteiger charge is -2.15. The predicted octanol–water partition coefficient (Wildman–Crippen LogP) is 2.25. The smallest absolute Gasteiger partial charge is 0.229 e. The third-order valence-corrected chi connectivity index (χ3v) is 3.93. The van der Waals surface area contributed by atoms with Crippen molar-refractivity contribution < 1.29 is 9.53 Å². The van der Waals surface area contributed by atoms with Gasteiger partial charge in [0.1, 0.15) is 5.75 Å². The summed E-state index contributed by atoms with van der Waals surface area (Å²) in [6, 6.07) is 5.54. The first-order chi connectivity index (χ1) is 8.61. The molecule has 0 saturated carbocycles. The lowest BCUT2D eigenvalue weighted by molar-refractivity contribution is -0.120. The Hall–Kier alpha value is -1.07. The van der Waals surface area contributed by atoms with Crippen LogP contribution in [0, 0.1) is 11.8 Å². The third kappa shape index (κ3) is 2.84. The van der Waals surface area contributed by atoms with Gasteiger partial charge in [0.15, 0.2) is 0 Å². The molecule has 0 aliphatic carbocycles. The number of hydrogen-bond donors (Lipinski definition) is 2. The van der Waals surface area contributed by atoms with Crippen LogP contribution in [0.1, 0.15) is 6.92 Å². The van der Waals surface area contributed by atoms with E-state index in [1.807, 2.05) is 18.2 Å². The number of benzene rings is 1. The highest BCUT2D eigenvalue weighted by molar-refractivity contribution is 9.10. The number of anilines is 1. The van der Waals surface area contributed by atoms with Crippen LogP contribution in [0.25, 0.3) is 0 Å². The van der Waals surface area contributed by atoms with Gasteiger partial charge in [-0.25, -0.2) is 0 Å². The van der Waals surface area contributed by atoms with Crippen LogP contribution in [0.4, 0.5) is 5.69 Å². The van der Waals surface area contributed by atoms with Gasteiger partial charge in [-0.1, -0.05) is 6.92 Å². The van der Waals surface area contributed by atoms with Crippen molar-refractivity contribution in [3.05, 3.63) is 22.7 Å². The molecular formula is C13H17BrN2O2. The van der Waals surface area contributed by atoms with E-state index in [1.54, 1.807) is 7.11 Å². The first-order valence-electron chi connectivity index (χ1n) is 5.97. The zero-order chi connectivity index (χ0) is 13.1. The van der Waals surface area contributed by atoms with Crippen LogP contribution in [0.2, 0.25) is 0 Å². The Balaban J connectivity index is 2.07. The summed E-state index contributed by atoms with van der Waals surface area (Å²) in [5.41, 5.74) is 0.763. The van der Waals surface area contributed by atoms with Gasteiger partial charge in [-0.3, -0.25) is 4.79 Å². The second-order valence-electron chi connectivity index (χ2n) is 4.58. The van der Waals surface area contributed by atoms with E-state index in [2.05, 4.69) is 33.5 Å². The largest absolute Gasteiger partial charge is 0.495 e. The molecule has 1 saturated heterocycles. The molecule has 2 rings (SSSR count). The van der Waals surface area contributed by atoms with Crippen molar-refractivity contribution in [2.45, 2.75) is 6.92 Å². The molecule has 4 nitrogen and oxygen atoms in total. The fourth-order valence-corrected chi connectivity index (χ4v) is 2.54. The zero-order valence-corrected chi connectivity index (χ0v) is 12.1. The van der Waals surface area contributed by atoms with E-state index in [4.69, 9.17) is 4.74 Å². The Morgan fingerprint density at radius 1 is 1.50 bits per heavy atom. The van der Waals surface area contributed by atoms with Gasteiger partial charge >= 0.3 is 0 Å². The maximum Gasteiger partial charge on any atom is 0.229 e. The summed E-state index contributed by atoms with van der Waals surface area (Å²) in [6.45, 7) is 3.74. The molecule has 1 aromatic rings. The van der Waals surface area contributed by atoms with Gasteiger partial charge in [-0.15, -0.1) is 0 Å². The Labute approximate surface area is 115 Å². The average Bonchev–Trinajstić information content (AvgIpc) is 2.78. The van der Waals surface area contributed by atoms with Crippen LogP contribution in [-0.2, 0) is 4.79 Å².